The van der Waals surface area contributed by atoms with Crippen LogP contribution in [0.1, 0.15) is 12.6 Å². The van der Waals surface area contributed by atoms with Crippen LogP contribution in [0.5, 0.6) is 0 Å². The molecule has 6 nitrogen and oxygen atoms in total. The van der Waals surface area contributed by atoms with Gasteiger partial charge in [0.2, 0.25) is 0 Å². The van der Waals surface area contributed by atoms with Gasteiger partial charge in [-0.05, 0) is 6.92 Å². The first-order valence-corrected chi connectivity index (χ1v) is 4.09. The Balaban J connectivity index is 2.35. The Morgan fingerprint density at radius 1 is 1.62 bits per heavy atom. The number of rotatable bonds is 3. The van der Waals surface area contributed by atoms with Gasteiger partial charge in [-0.25, -0.2) is 4.79 Å². The second-order valence-electron chi connectivity index (χ2n) is 2.56. The van der Waals surface area contributed by atoms with Crippen molar-refractivity contribution in [3.8, 4) is 0 Å². The van der Waals surface area contributed by atoms with Crippen molar-refractivity contribution in [2.45, 2.75) is 13.5 Å². The van der Waals surface area contributed by atoms with Crippen molar-refractivity contribution < 1.29 is 4.79 Å². The van der Waals surface area contributed by atoms with E-state index in [4.69, 9.17) is 0 Å². The van der Waals surface area contributed by atoms with Crippen molar-refractivity contribution in [1.82, 2.24) is 25.6 Å². The summed E-state index contributed by atoms with van der Waals surface area (Å²) < 4.78 is 1.62. The first-order valence-electron chi connectivity index (χ1n) is 4.09. The van der Waals surface area contributed by atoms with Crippen molar-refractivity contribution in [1.29, 1.82) is 0 Å². The number of hydrogen-bond acceptors (Lipinski definition) is 3. The molecule has 1 rings (SSSR count). The van der Waals surface area contributed by atoms with Crippen molar-refractivity contribution in [3.63, 3.8) is 0 Å². The molecule has 0 aliphatic carbocycles. The highest BCUT2D eigenvalue weighted by molar-refractivity contribution is 5.73. The molecule has 2 amide bonds. The van der Waals surface area contributed by atoms with Crippen LogP contribution in [-0.4, -0.2) is 27.6 Å². The lowest BCUT2D eigenvalue weighted by Gasteiger charge is -2.04. The number of aryl methyl sites for hydroxylation is 1. The second kappa shape index (κ2) is 4.44. The molecule has 6 heteroatoms. The molecule has 0 saturated heterocycles. The van der Waals surface area contributed by atoms with Crippen molar-refractivity contribution in [2.24, 2.45) is 7.05 Å². The van der Waals surface area contributed by atoms with E-state index in [1.165, 1.54) is 0 Å². The van der Waals surface area contributed by atoms with Gasteiger partial charge in [-0.3, -0.25) is 4.68 Å². The summed E-state index contributed by atoms with van der Waals surface area (Å²) in [4.78, 5) is 11.0. The molecule has 13 heavy (non-hydrogen) atoms. The molecule has 0 bridgehead atoms. The van der Waals surface area contributed by atoms with Gasteiger partial charge in [0.1, 0.15) is 0 Å². The largest absolute Gasteiger partial charge is 0.338 e. The number of carbonyl (C=O) groups is 1. The molecule has 0 aliphatic heterocycles. The van der Waals surface area contributed by atoms with Gasteiger partial charge in [0.05, 0.1) is 18.4 Å². The maximum atomic E-state index is 11.0. The Bertz CT molecular complexity index is 282. The van der Waals surface area contributed by atoms with E-state index in [0.29, 0.717) is 13.1 Å². The fraction of sp³-hybridized carbons (Fsp3) is 0.571. The minimum atomic E-state index is -0.177. The van der Waals surface area contributed by atoms with E-state index in [1.807, 2.05) is 6.92 Å². The van der Waals surface area contributed by atoms with Crippen molar-refractivity contribution >= 4 is 6.03 Å². The summed E-state index contributed by atoms with van der Waals surface area (Å²) in [6.45, 7) is 2.93. The summed E-state index contributed by atoms with van der Waals surface area (Å²) >= 11 is 0. The fourth-order valence-corrected chi connectivity index (χ4v) is 0.865. The third-order valence-electron chi connectivity index (χ3n) is 1.58. The van der Waals surface area contributed by atoms with Gasteiger partial charge in [0.25, 0.3) is 0 Å². The highest BCUT2D eigenvalue weighted by Crippen LogP contribution is 1.91. The first-order chi connectivity index (χ1) is 6.24. The quantitative estimate of drug-likeness (QED) is 0.671. The number of aromatic nitrogens is 3. The van der Waals surface area contributed by atoms with Gasteiger partial charge in [-0.1, -0.05) is 5.21 Å². The van der Waals surface area contributed by atoms with Gasteiger partial charge in [0, 0.05) is 13.6 Å². The SMILES string of the molecule is CCNC(=O)NCc1cnnn1C. The molecule has 0 spiro atoms. The Kier molecular flexibility index (Phi) is 3.24. The van der Waals surface area contributed by atoms with Crippen LogP contribution >= 0.6 is 0 Å². The summed E-state index contributed by atoms with van der Waals surface area (Å²) in [7, 11) is 1.78. The molecule has 0 fully saturated rings. The van der Waals surface area contributed by atoms with Crippen LogP contribution < -0.4 is 10.6 Å². The lowest BCUT2D eigenvalue weighted by atomic mass is 10.4. The van der Waals surface area contributed by atoms with E-state index in [9.17, 15) is 4.79 Å². The molecule has 1 heterocycles. The van der Waals surface area contributed by atoms with Crippen molar-refractivity contribution in [2.75, 3.05) is 6.54 Å². The Morgan fingerprint density at radius 2 is 2.38 bits per heavy atom. The lowest BCUT2D eigenvalue weighted by Crippen LogP contribution is -2.35. The maximum Gasteiger partial charge on any atom is 0.315 e. The van der Waals surface area contributed by atoms with Crippen LogP contribution in [0.25, 0.3) is 0 Å². The van der Waals surface area contributed by atoms with E-state index in [-0.39, 0.29) is 6.03 Å². The van der Waals surface area contributed by atoms with Crippen LogP contribution in [0, 0.1) is 0 Å². The monoisotopic (exact) mass is 183 g/mol. The number of hydrogen-bond donors (Lipinski definition) is 2. The first kappa shape index (κ1) is 9.50. The summed E-state index contributed by atoms with van der Waals surface area (Å²) in [6.07, 6.45) is 1.62. The van der Waals surface area contributed by atoms with E-state index in [2.05, 4.69) is 20.9 Å². The zero-order chi connectivity index (χ0) is 9.68. The third-order valence-corrected chi connectivity index (χ3v) is 1.58. The Hall–Kier alpha value is -1.59. The average Bonchev–Trinajstić information content (AvgIpc) is 2.48. The molecule has 1 aromatic rings. The maximum absolute atomic E-state index is 11.0. The van der Waals surface area contributed by atoms with E-state index in [1.54, 1.807) is 17.9 Å². The summed E-state index contributed by atoms with van der Waals surface area (Å²) in [6, 6.07) is -0.177. The third kappa shape index (κ3) is 2.73. The zero-order valence-electron chi connectivity index (χ0n) is 7.74. The molecular formula is C7H13N5O. The number of carbonyl (C=O) groups excluding carboxylic acids is 1. The van der Waals surface area contributed by atoms with Gasteiger partial charge in [-0.15, -0.1) is 5.10 Å². The van der Waals surface area contributed by atoms with Crippen LogP contribution in [0.2, 0.25) is 0 Å². The summed E-state index contributed by atoms with van der Waals surface area (Å²) in [5.74, 6) is 0. The zero-order valence-corrected chi connectivity index (χ0v) is 7.74. The molecule has 2 N–H and O–H groups in total. The topological polar surface area (TPSA) is 71.8 Å². The Morgan fingerprint density at radius 3 is 2.92 bits per heavy atom. The molecule has 72 valence electrons. The Labute approximate surface area is 76.3 Å². The molecular weight excluding hydrogens is 170 g/mol. The predicted octanol–water partition coefficient (Wildman–Crippen LogP) is -0.366. The highest BCUT2D eigenvalue weighted by atomic mass is 16.2. The molecule has 0 atom stereocenters. The van der Waals surface area contributed by atoms with E-state index in [0.717, 1.165) is 5.69 Å². The minimum Gasteiger partial charge on any atom is -0.338 e. The van der Waals surface area contributed by atoms with E-state index >= 15 is 0 Å². The number of urea groups is 1. The molecule has 0 unspecified atom stereocenters. The molecule has 0 aromatic carbocycles. The summed E-state index contributed by atoms with van der Waals surface area (Å²) in [5, 5.41) is 12.7. The lowest BCUT2D eigenvalue weighted by molar-refractivity contribution is 0.241. The number of nitrogens with one attached hydrogen (secondary N) is 2. The van der Waals surface area contributed by atoms with Crippen LogP contribution in [0.3, 0.4) is 0 Å². The smallest absolute Gasteiger partial charge is 0.315 e. The summed E-state index contributed by atoms with van der Waals surface area (Å²) in [5.41, 5.74) is 0.867. The average molecular weight is 183 g/mol. The van der Waals surface area contributed by atoms with Crippen LogP contribution in [0.15, 0.2) is 6.20 Å². The standard InChI is InChI=1S/C7H13N5O/c1-3-8-7(13)9-4-6-5-10-11-12(6)2/h5H,3-4H2,1-2H3,(H2,8,9,13). The number of nitrogens with zero attached hydrogens (tertiary/aromatic N) is 3. The normalized spacial score (nSPS) is 9.69. The molecule has 0 radical (unpaired) electrons. The molecule has 0 saturated carbocycles. The molecule has 1 aromatic heterocycles. The highest BCUT2D eigenvalue weighted by Gasteiger charge is 2.01. The minimum absolute atomic E-state index is 0.177. The van der Waals surface area contributed by atoms with Gasteiger partial charge in [0.15, 0.2) is 0 Å². The van der Waals surface area contributed by atoms with E-state index < -0.39 is 0 Å². The fourth-order valence-electron chi connectivity index (χ4n) is 0.865. The van der Waals surface area contributed by atoms with Gasteiger partial charge < -0.3 is 10.6 Å². The van der Waals surface area contributed by atoms with Crippen LogP contribution in [-0.2, 0) is 13.6 Å². The molecule has 0 aliphatic rings. The number of amides is 2. The van der Waals surface area contributed by atoms with Gasteiger partial charge in [-0.2, -0.15) is 0 Å². The van der Waals surface area contributed by atoms with Gasteiger partial charge >= 0.3 is 6.03 Å². The predicted molar refractivity (Wildman–Crippen MR) is 46.9 cm³/mol. The van der Waals surface area contributed by atoms with Crippen molar-refractivity contribution in [3.05, 3.63) is 11.9 Å². The second-order valence-corrected chi connectivity index (χ2v) is 2.56. The van der Waals surface area contributed by atoms with Crippen LogP contribution in [0.4, 0.5) is 4.79 Å².